The molecule has 11 heavy (non-hydrogen) atoms. The molecule has 1 nitrogen and oxygen atoms in total. The number of allylic oxidation sites excluding steroid dienone is 1. The molecule has 0 aliphatic heterocycles. The molecule has 0 aliphatic rings. The molecule has 0 fully saturated rings. The molecule has 1 rings (SSSR count). The van der Waals surface area contributed by atoms with Crippen molar-refractivity contribution in [1.29, 1.82) is 0 Å². The van der Waals surface area contributed by atoms with Crippen molar-refractivity contribution in [2.75, 3.05) is 0 Å². The van der Waals surface area contributed by atoms with Gasteiger partial charge in [-0.1, -0.05) is 35.9 Å². The van der Waals surface area contributed by atoms with E-state index in [4.69, 9.17) is 0 Å². The van der Waals surface area contributed by atoms with E-state index in [0.717, 1.165) is 11.1 Å². The van der Waals surface area contributed by atoms with Gasteiger partial charge in [0.2, 0.25) is 0 Å². The Hall–Kier alpha value is -1.24. The predicted octanol–water partition coefficient (Wildman–Crippen LogP) is 1.80. The van der Waals surface area contributed by atoms with Crippen LogP contribution in [0, 0.1) is 0 Å². The number of hydrogen-bond donors (Lipinski definition) is 0. The highest BCUT2D eigenvalue weighted by molar-refractivity contribution is 5.59. The molecule has 0 N–H and O–H groups in total. The molecule has 0 bridgehead atoms. The van der Waals surface area contributed by atoms with E-state index < -0.39 is 0 Å². The van der Waals surface area contributed by atoms with E-state index in [9.17, 15) is 5.11 Å². The van der Waals surface area contributed by atoms with E-state index in [2.05, 4.69) is 0 Å². The van der Waals surface area contributed by atoms with Gasteiger partial charge in [-0.25, -0.2) is 0 Å². The van der Waals surface area contributed by atoms with E-state index in [0.29, 0.717) is 0 Å². The van der Waals surface area contributed by atoms with Gasteiger partial charge in [-0.2, -0.15) is 0 Å². The molecule has 0 atom stereocenters. The van der Waals surface area contributed by atoms with Crippen LogP contribution < -0.4 is 5.11 Å². The lowest BCUT2D eigenvalue weighted by Crippen LogP contribution is -2.03. The minimum Gasteiger partial charge on any atom is -0.872 e. The van der Waals surface area contributed by atoms with Crippen LogP contribution in [0.5, 0.6) is 0 Å². The summed E-state index contributed by atoms with van der Waals surface area (Å²) in [4.78, 5) is 0. The largest absolute Gasteiger partial charge is 0.872 e. The van der Waals surface area contributed by atoms with Crippen LogP contribution >= 0.6 is 0 Å². The molecule has 1 aromatic carbocycles. The van der Waals surface area contributed by atoms with Crippen LogP contribution in [-0.2, 0) is 0 Å². The van der Waals surface area contributed by atoms with Crippen molar-refractivity contribution in [3.63, 3.8) is 0 Å². The first-order valence-corrected chi connectivity index (χ1v) is 3.61. The van der Waals surface area contributed by atoms with Crippen molar-refractivity contribution >= 4 is 5.76 Å². The van der Waals surface area contributed by atoms with Crippen LogP contribution in [0.2, 0.25) is 0 Å². The fraction of sp³-hybridized carbons (Fsp3) is 0.200. The van der Waals surface area contributed by atoms with Crippen LogP contribution in [0.15, 0.2) is 35.9 Å². The maximum absolute atomic E-state index is 11.3. The van der Waals surface area contributed by atoms with E-state index in [1.54, 1.807) is 0 Å². The summed E-state index contributed by atoms with van der Waals surface area (Å²) in [5.41, 5.74) is 1.60. The van der Waals surface area contributed by atoms with E-state index in [1.807, 2.05) is 44.2 Å². The molecular weight excluding hydrogens is 136 g/mol. The molecule has 0 aliphatic carbocycles. The van der Waals surface area contributed by atoms with Gasteiger partial charge in [0.1, 0.15) is 0 Å². The average Bonchev–Trinajstić information content (AvgIpc) is 2.05. The Bertz CT molecular complexity index is 255. The Morgan fingerprint density at radius 3 is 2.09 bits per heavy atom. The van der Waals surface area contributed by atoms with Crippen molar-refractivity contribution in [2.45, 2.75) is 13.8 Å². The summed E-state index contributed by atoms with van der Waals surface area (Å²) in [6.45, 7) is 3.66. The Kier molecular flexibility index (Phi) is 2.32. The number of benzene rings is 1. The lowest BCUT2D eigenvalue weighted by atomic mass is 10.1. The van der Waals surface area contributed by atoms with E-state index in [1.165, 1.54) is 0 Å². The third-order valence-corrected chi connectivity index (χ3v) is 1.49. The SMILES string of the molecule is CC(C)=C([O-])c1ccccc1. The van der Waals surface area contributed by atoms with E-state index in [-0.39, 0.29) is 5.76 Å². The molecule has 1 heteroatoms. The van der Waals surface area contributed by atoms with Crippen LogP contribution in [-0.4, -0.2) is 0 Å². The van der Waals surface area contributed by atoms with Gasteiger partial charge in [0.05, 0.1) is 0 Å². The molecule has 58 valence electrons. The van der Waals surface area contributed by atoms with Gasteiger partial charge in [0.15, 0.2) is 0 Å². The first-order valence-electron chi connectivity index (χ1n) is 3.61. The smallest absolute Gasteiger partial charge is 0.0336 e. The third-order valence-electron chi connectivity index (χ3n) is 1.49. The monoisotopic (exact) mass is 147 g/mol. The van der Waals surface area contributed by atoms with Crippen molar-refractivity contribution in [3.05, 3.63) is 41.5 Å². The third kappa shape index (κ3) is 1.84. The lowest BCUT2D eigenvalue weighted by Gasteiger charge is -2.13. The van der Waals surface area contributed by atoms with Gasteiger partial charge < -0.3 is 5.11 Å². The molecular formula is C10H11O-. The second kappa shape index (κ2) is 3.24. The first kappa shape index (κ1) is 7.86. The zero-order chi connectivity index (χ0) is 8.27. The van der Waals surface area contributed by atoms with Crippen molar-refractivity contribution in [2.24, 2.45) is 0 Å². The van der Waals surface area contributed by atoms with Gasteiger partial charge in [-0.05, 0) is 19.4 Å². The van der Waals surface area contributed by atoms with Crippen molar-refractivity contribution in [1.82, 2.24) is 0 Å². The van der Waals surface area contributed by atoms with Gasteiger partial charge in [-0.15, -0.1) is 5.76 Å². The molecule has 0 saturated heterocycles. The summed E-state index contributed by atoms with van der Waals surface area (Å²) in [6, 6.07) is 9.30. The lowest BCUT2D eigenvalue weighted by molar-refractivity contribution is -0.245. The first-order chi connectivity index (χ1) is 5.22. The maximum atomic E-state index is 11.3. The van der Waals surface area contributed by atoms with Crippen LogP contribution in [0.3, 0.4) is 0 Å². The summed E-state index contributed by atoms with van der Waals surface area (Å²) in [7, 11) is 0. The number of hydrogen-bond acceptors (Lipinski definition) is 1. The van der Waals surface area contributed by atoms with Gasteiger partial charge in [0, 0.05) is 0 Å². The standard InChI is InChI=1S/C10H12O/c1-8(2)10(11)9-6-4-3-5-7-9/h3-7,11H,1-2H3/p-1. The van der Waals surface area contributed by atoms with Crippen LogP contribution in [0.25, 0.3) is 5.76 Å². The van der Waals surface area contributed by atoms with Crippen molar-refractivity contribution in [3.8, 4) is 0 Å². The summed E-state index contributed by atoms with van der Waals surface area (Å²) in [6.07, 6.45) is 0. The number of rotatable bonds is 1. The maximum Gasteiger partial charge on any atom is -0.0336 e. The topological polar surface area (TPSA) is 23.1 Å². The molecule has 0 saturated carbocycles. The summed E-state index contributed by atoms with van der Waals surface area (Å²) in [5, 5.41) is 11.3. The minimum atomic E-state index is 0.130. The quantitative estimate of drug-likeness (QED) is 0.555. The van der Waals surface area contributed by atoms with Crippen molar-refractivity contribution < 1.29 is 5.11 Å². The summed E-state index contributed by atoms with van der Waals surface area (Å²) < 4.78 is 0. The molecule has 0 amide bonds. The molecule has 0 aromatic heterocycles. The summed E-state index contributed by atoms with van der Waals surface area (Å²) >= 11 is 0. The Morgan fingerprint density at radius 1 is 1.09 bits per heavy atom. The zero-order valence-corrected chi connectivity index (χ0v) is 6.79. The highest BCUT2D eigenvalue weighted by Crippen LogP contribution is 2.10. The van der Waals surface area contributed by atoms with Gasteiger partial charge >= 0.3 is 0 Å². The molecule has 0 unspecified atom stereocenters. The van der Waals surface area contributed by atoms with Crippen LogP contribution in [0.4, 0.5) is 0 Å². The highest BCUT2D eigenvalue weighted by Gasteiger charge is 1.88. The predicted molar refractivity (Wildman–Crippen MR) is 44.7 cm³/mol. The Morgan fingerprint density at radius 2 is 1.64 bits per heavy atom. The van der Waals surface area contributed by atoms with Crippen LogP contribution in [0.1, 0.15) is 19.4 Å². The molecule has 0 heterocycles. The highest BCUT2D eigenvalue weighted by atomic mass is 16.3. The normalized spacial score (nSPS) is 9.27. The van der Waals surface area contributed by atoms with Gasteiger partial charge in [0.25, 0.3) is 0 Å². The molecule has 0 spiro atoms. The Balaban J connectivity index is 3.04. The summed E-state index contributed by atoms with van der Waals surface area (Å²) in [5.74, 6) is 0.130. The fourth-order valence-electron chi connectivity index (χ4n) is 0.878. The molecule has 1 aromatic rings. The minimum absolute atomic E-state index is 0.130. The average molecular weight is 147 g/mol. The molecule has 0 radical (unpaired) electrons. The second-order valence-corrected chi connectivity index (χ2v) is 2.70. The zero-order valence-electron chi connectivity index (χ0n) is 6.79. The van der Waals surface area contributed by atoms with Gasteiger partial charge in [-0.3, -0.25) is 0 Å². The van der Waals surface area contributed by atoms with E-state index >= 15 is 0 Å². The fourth-order valence-corrected chi connectivity index (χ4v) is 0.878. The Labute approximate surface area is 67.0 Å². The second-order valence-electron chi connectivity index (χ2n) is 2.70.